The number of aromatic nitrogens is 3. The summed E-state index contributed by atoms with van der Waals surface area (Å²) in [5.74, 6) is 0.496. The Balaban J connectivity index is 1.78. The third-order valence-corrected chi connectivity index (χ3v) is 6.65. The number of fused-ring (bicyclic) bond motifs is 1. The summed E-state index contributed by atoms with van der Waals surface area (Å²) in [4.78, 5) is 30.4. The van der Waals surface area contributed by atoms with Crippen LogP contribution in [-0.2, 0) is 22.7 Å². The van der Waals surface area contributed by atoms with E-state index in [1.807, 2.05) is 69.5 Å². The smallest absolute Gasteiger partial charge is 0.247 e. The number of para-hydroxylation sites is 1. The summed E-state index contributed by atoms with van der Waals surface area (Å²) in [6, 6.07) is 15.8. The van der Waals surface area contributed by atoms with Crippen molar-refractivity contribution in [2.24, 2.45) is 0 Å². The van der Waals surface area contributed by atoms with Crippen LogP contribution in [0.3, 0.4) is 0 Å². The van der Waals surface area contributed by atoms with Crippen LogP contribution >= 0.6 is 11.3 Å². The van der Waals surface area contributed by atoms with Gasteiger partial charge in [-0.1, -0.05) is 29.5 Å². The zero-order valence-corrected chi connectivity index (χ0v) is 23.1. The van der Waals surface area contributed by atoms with Gasteiger partial charge in [0.15, 0.2) is 11.5 Å². The average molecular weight is 536 g/mol. The molecule has 200 valence electrons. The van der Waals surface area contributed by atoms with E-state index in [4.69, 9.17) is 9.47 Å². The van der Waals surface area contributed by atoms with Gasteiger partial charge in [-0.05, 0) is 69.0 Å². The largest absolute Gasteiger partial charge is 0.493 e. The highest BCUT2D eigenvalue weighted by atomic mass is 32.1. The van der Waals surface area contributed by atoms with Crippen molar-refractivity contribution >= 4 is 34.2 Å². The Morgan fingerprint density at radius 3 is 2.58 bits per heavy atom. The normalized spacial score (nSPS) is 12.2. The Morgan fingerprint density at radius 1 is 1.11 bits per heavy atom. The number of hydrogen-bond acceptors (Lipinski definition) is 7. The number of rotatable bonds is 10. The molecule has 2 amide bonds. The molecule has 4 aromatic rings. The van der Waals surface area contributed by atoms with E-state index in [0.29, 0.717) is 29.2 Å². The van der Waals surface area contributed by atoms with Crippen LogP contribution in [-0.4, -0.2) is 51.0 Å². The number of carbonyl (C=O) groups excluding carboxylic acids is 2. The summed E-state index contributed by atoms with van der Waals surface area (Å²) in [7, 11) is 1.55. The average Bonchev–Trinajstić information content (AvgIpc) is 3.53. The molecule has 0 aliphatic heterocycles. The first-order chi connectivity index (χ1) is 18.2. The molecule has 0 aliphatic rings. The Bertz CT molecular complexity index is 1390. The number of thiophene rings is 1. The van der Waals surface area contributed by atoms with Crippen LogP contribution in [0.4, 0.5) is 0 Å². The maximum absolute atomic E-state index is 14.0. The minimum atomic E-state index is -0.928. The minimum Gasteiger partial charge on any atom is -0.493 e. The number of ether oxygens (including phenoxy) is 2. The molecular weight excluding hydrogens is 502 g/mol. The predicted octanol–water partition coefficient (Wildman–Crippen LogP) is 4.58. The van der Waals surface area contributed by atoms with Gasteiger partial charge >= 0.3 is 0 Å². The molecule has 1 N–H and O–H groups in total. The van der Waals surface area contributed by atoms with E-state index in [0.717, 1.165) is 10.4 Å². The lowest BCUT2D eigenvalue weighted by Crippen LogP contribution is -2.49. The topological polar surface area (TPSA) is 98.6 Å². The summed E-state index contributed by atoms with van der Waals surface area (Å²) in [6.07, 6.45) is 0. The first-order valence-corrected chi connectivity index (χ1v) is 13.3. The standard InChI is InChI=1S/C28H33N5O4S/c1-6-37-23-14-13-19(16-24(23)36-5)26(27(35)29-28(2,3)4)32(17-20-10-9-15-38-20)25(34)18-33-22-12-8-7-11-21(22)30-31-33/h7-16,26H,6,17-18H2,1-5H3,(H,29,35)/t26-/m0/s1. The zero-order valence-electron chi connectivity index (χ0n) is 22.3. The van der Waals surface area contributed by atoms with E-state index in [1.54, 1.807) is 34.9 Å². The van der Waals surface area contributed by atoms with Crippen molar-refractivity contribution in [3.05, 3.63) is 70.4 Å². The monoisotopic (exact) mass is 535 g/mol. The number of nitrogens with one attached hydrogen (secondary N) is 1. The van der Waals surface area contributed by atoms with Gasteiger partial charge in [0.25, 0.3) is 0 Å². The molecular formula is C28H33N5O4S. The van der Waals surface area contributed by atoms with E-state index >= 15 is 0 Å². The molecule has 0 bridgehead atoms. The second-order valence-corrected chi connectivity index (χ2v) is 10.9. The van der Waals surface area contributed by atoms with E-state index in [-0.39, 0.29) is 24.9 Å². The summed E-state index contributed by atoms with van der Waals surface area (Å²) in [5, 5.41) is 13.4. The molecule has 0 radical (unpaired) electrons. The summed E-state index contributed by atoms with van der Waals surface area (Å²) in [5.41, 5.74) is 1.55. The molecule has 4 rings (SSSR count). The fraction of sp³-hybridized carbons (Fsp3) is 0.357. The molecule has 0 unspecified atom stereocenters. The molecule has 2 heterocycles. The second-order valence-electron chi connectivity index (χ2n) is 9.82. The summed E-state index contributed by atoms with van der Waals surface area (Å²) >= 11 is 1.53. The fourth-order valence-corrected chi connectivity index (χ4v) is 4.89. The van der Waals surface area contributed by atoms with E-state index < -0.39 is 11.6 Å². The van der Waals surface area contributed by atoms with Crippen molar-refractivity contribution in [2.75, 3.05) is 13.7 Å². The summed E-state index contributed by atoms with van der Waals surface area (Å²) < 4.78 is 12.8. The van der Waals surface area contributed by atoms with Crippen LogP contribution in [0, 0.1) is 0 Å². The number of methoxy groups -OCH3 is 1. The number of benzene rings is 2. The molecule has 2 aromatic carbocycles. The predicted molar refractivity (Wildman–Crippen MR) is 147 cm³/mol. The lowest BCUT2D eigenvalue weighted by molar-refractivity contribution is -0.142. The Morgan fingerprint density at radius 2 is 1.89 bits per heavy atom. The van der Waals surface area contributed by atoms with Gasteiger partial charge in [-0.3, -0.25) is 9.59 Å². The lowest BCUT2D eigenvalue weighted by Gasteiger charge is -2.33. The van der Waals surface area contributed by atoms with Crippen molar-refractivity contribution in [3.63, 3.8) is 0 Å². The van der Waals surface area contributed by atoms with Crippen LogP contribution < -0.4 is 14.8 Å². The summed E-state index contributed by atoms with van der Waals surface area (Å²) in [6.45, 7) is 8.27. The molecule has 0 spiro atoms. The van der Waals surface area contributed by atoms with Crippen molar-refractivity contribution in [3.8, 4) is 11.5 Å². The Hall–Kier alpha value is -3.92. The lowest BCUT2D eigenvalue weighted by atomic mass is 10.0. The van der Waals surface area contributed by atoms with Crippen molar-refractivity contribution < 1.29 is 19.1 Å². The van der Waals surface area contributed by atoms with E-state index in [1.165, 1.54) is 11.3 Å². The minimum absolute atomic E-state index is 0.0701. The Labute approximate surface area is 226 Å². The molecule has 10 heteroatoms. The molecule has 1 atom stereocenters. The van der Waals surface area contributed by atoms with Gasteiger partial charge in [0, 0.05) is 10.4 Å². The van der Waals surface area contributed by atoms with E-state index in [2.05, 4.69) is 15.6 Å². The number of carbonyl (C=O) groups is 2. The van der Waals surface area contributed by atoms with Gasteiger partial charge in [-0.25, -0.2) is 4.68 Å². The molecule has 9 nitrogen and oxygen atoms in total. The first-order valence-electron chi connectivity index (χ1n) is 12.4. The maximum atomic E-state index is 14.0. The van der Waals surface area contributed by atoms with Gasteiger partial charge in [0.05, 0.1) is 25.8 Å². The van der Waals surface area contributed by atoms with Crippen LogP contribution in [0.25, 0.3) is 11.0 Å². The van der Waals surface area contributed by atoms with Crippen LogP contribution in [0.5, 0.6) is 11.5 Å². The Kier molecular flexibility index (Phi) is 8.31. The molecule has 0 saturated carbocycles. The SMILES string of the molecule is CCOc1ccc([C@@H](C(=O)NC(C)(C)C)N(Cc2cccs2)C(=O)Cn2nnc3ccccc32)cc1OC. The van der Waals surface area contributed by atoms with Gasteiger partial charge < -0.3 is 19.7 Å². The number of nitrogens with zero attached hydrogens (tertiary/aromatic N) is 4. The highest BCUT2D eigenvalue weighted by molar-refractivity contribution is 7.09. The van der Waals surface area contributed by atoms with Crippen molar-refractivity contribution in [1.82, 2.24) is 25.2 Å². The highest BCUT2D eigenvalue weighted by Gasteiger charge is 2.34. The van der Waals surface area contributed by atoms with Crippen molar-refractivity contribution in [2.45, 2.75) is 52.4 Å². The van der Waals surface area contributed by atoms with Gasteiger partial charge in [0.1, 0.15) is 18.1 Å². The zero-order chi connectivity index (χ0) is 27.3. The fourth-order valence-electron chi connectivity index (χ4n) is 4.19. The highest BCUT2D eigenvalue weighted by Crippen LogP contribution is 2.34. The van der Waals surface area contributed by atoms with Crippen LogP contribution in [0.15, 0.2) is 60.0 Å². The van der Waals surface area contributed by atoms with Gasteiger partial charge in [0.2, 0.25) is 11.8 Å². The van der Waals surface area contributed by atoms with Gasteiger partial charge in [-0.2, -0.15) is 0 Å². The molecule has 2 aromatic heterocycles. The molecule has 0 saturated heterocycles. The number of hydrogen-bond donors (Lipinski definition) is 1. The number of amides is 2. The van der Waals surface area contributed by atoms with Crippen molar-refractivity contribution in [1.29, 1.82) is 0 Å². The van der Waals surface area contributed by atoms with Crippen LogP contribution in [0.1, 0.15) is 44.2 Å². The maximum Gasteiger partial charge on any atom is 0.247 e. The van der Waals surface area contributed by atoms with Crippen LogP contribution in [0.2, 0.25) is 0 Å². The van der Waals surface area contributed by atoms with Gasteiger partial charge in [-0.15, -0.1) is 16.4 Å². The second kappa shape index (κ2) is 11.6. The quantitative estimate of drug-likeness (QED) is 0.319. The molecule has 38 heavy (non-hydrogen) atoms. The third-order valence-electron chi connectivity index (χ3n) is 5.79. The molecule has 0 fully saturated rings. The third kappa shape index (κ3) is 6.31. The molecule has 0 aliphatic carbocycles. The first kappa shape index (κ1) is 27.1. The van der Waals surface area contributed by atoms with E-state index in [9.17, 15) is 9.59 Å².